The standard InChI is InChI=1S/C21H20N4O2S2/c1-2-5-17-16(4-1)21(23-20(22-17)13-25-7-9-26-10-8-25)29-14-15-12-18(27-24-15)19-6-3-11-28-19/h1-6,11-12H,7-10,13-14H2. The highest BCUT2D eigenvalue weighted by atomic mass is 32.2. The summed E-state index contributed by atoms with van der Waals surface area (Å²) in [6.45, 7) is 4.13. The van der Waals surface area contributed by atoms with Gasteiger partial charge in [0.1, 0.15) is 10.9 Å². The fourth-order valence-corrected chi connectivity index (χ4v) is 4.88. The third kappa shape index (κ3) is 4.35. The lowest BCUT2D eigenvalue weighted by atomic mass is 10.2. The average Bonchev–Trinajstić information content (AvgIpc) is 3.45. The second kappa shape index (κ2) is 8.62. The van der Waals surface area contributed by atoms with E-state index >= 15 is 0 Å². The highest BCUT2D eigenvalue weighted by molar-refractivity contribution is 7.98. The Kier molecular flexibility index (Phi) is 5.58. The Bertz CT molecular complexity index is 1090. The number of para-hydroxylation sites is 1. The zero-order valence-corrected chi connectivity index (χ0v) is 17.4. The number of rotatable bonds is 6. The van der Waals surface area contributed by atoms with Crippen molar-refractivity contribution in [3.05, 3.63) is 59.4 Å². The monoisotopic (exact) mass is 424 g/mol. The van der Waals surface area contributed by atoms with E-state index in [0.29, 0.717) is 5.75 Å². The lowest BCUT2D eigenvalue weighted by Crippen LogP contribution is -2.36. The van der Waals surface area contributed by atoms with Crippen molar-refractivity contribution in [1.29, 1.82) is 0 Å². The van der Waals surface area contributed by atoms with E-state index in [1.165, 1.54) is 0 Å². The van der Waals surface area contributed by atoms with Gasteiger partial charge < -0.3 is 9.26 Å². The van der Waals surface area contributed by atoms with Gasteiger partial charge in [-0.25, -0.2) is 9.97 Å². The van der Waals surface area contributed by atoms with Gasteiger partial charge in [-0.15, -0.1) is 11.3 Å². The summed E-state index contributed by atoms with van der Waals surface area (Å²) in [5.74, 6) is 2.37. The molecule has 1 aliphatic heterocycles. The minimum absolute atomic E-state index is 0.701. The molecular weight excluding hydrogens is 404 g/mol. The van der Waals surface area contributed by atoms with Gasteiger partial charge in [0.2, 0.25) is 0 Å². The van der Waals surface area contributed by atoms with Crippen molar-refractivity contribution >= 4 is 34.0 Å². The summed E-state index contributed by atoms with van der Waals surface area (Å²) in [6.07, 6.45) is 0. The molecule has 3 aromatic heterocycles. The van der Waals surface area contributed by atoms with Crippen LogP contribution in [0.3, 0.4) is 0 Å². The predicted octanol–water partition coefficient (Wildman–Crippen LogP) is 4.47. The first-order valence-corrected chi connectivity index (χ1v) is 11.4. The Hall–Kier alpha value is -2.26. The molecule has 8 heteroatoms. The Balaban J connectivity index is 1.36. The highest BCUT2D eigenvalue weighted by Crippen LogP contribution is 2.30. The number of thiophene rings is 1. The number of thioether (sulfide) groups is 1. The quantitative estimate of drug-likeness (QED) is 0.334. The van der Waals surface area contributed by atoms with Crippen molar-refractivity contribution < 1.29 is 9.26 Å². The molecule has 148 valence electrons. The molecule has 29 heavy (non-hydrogen) atoms. The van der Waals surface area contributed by atoms with Crippen LogP contribution in [0.2, 0.25) is 0 Å². The summed E-state index contributed by atoms with van der Waals surface area (Å²) in [4.78, 5) is 13.1. The van der Waals surface area contributed by atoms with Crippen LogP contribution in [0.5, 0.6) is 0 Å². The van der Waals surface area contributed by atoms with Gasteiger partial charge in [-0.3, -0.25) is 4.90 Å². The first-order valence-electron chi connectivity index (χ1n) is 9.53. The summed E-state index contributed by atoms with van der Waals surface area (Å²) in [5, 5.41) is 8.33. The second-order valence-corrected chi connectivity index (χ2v) is 8.71. The van der Waals surface area contributed by atoms with Crippen LogP contribution in [0.4, 0.5) is 0 Å². The maximum atomic E-state index is 5.51. The number of aromatic nitrogens is 3. The van der Waals surface area contributed by atoms with Crippen LogP contribution in [0.25, 0.3) is 21.5 Å². The van der Waals surface area contributed by atoms with E-state index in [1.54, 1.807) is 23.1 Å². The Morgan fingerprint density at radius 1 is 1.07 bits per heavy atom. The number of fused-ring (bicyclic) bond motifs is 1. The van der Waals surface area contributed by atoms with Crippen LogP contribution in [0, 0.1) is 0 Å². The lowest BCUT2D eigenvalue weighted by Gasteiger charge is -2.25. The molecule has 5 rings (SSSR count). The third-order valence-corrected chi connectivity index (χ3v) is 6.67. The van der Waals surface area contributed by atoms with Gasteiger partial charge in [0.15, 0.2) is 5.76 Å². The van der Waals surface area contributed by atoms with Crippen LogP contribution in [-0.4, -0.2) is 46.3 Å². The molecule has 1 aromatic carbocycles. The smallest absolute Gasteiger partial charge is 0.177 e. The molecule has 0 N–H and O–H groups in total. The maximum Gasteiger partial charge on any atom is 0.177 e. The first-order chi connectivity index (χ1) is 14.3. The van der Waals surface area contributed by atoms with Crippen LogP contribution in [0.1, 0.15) is 11.5 Å². The van der Waals surface area contributed by atoms with Crippen molar-refractivity contribution in [1.82, 2.24) is 20.0 Å². The third-order valence-electron chi connectivity index (χ3n) is 4.76. The molecule has 0 aliphatic carbocycles. The number of hydrogen-bond acceptors (Lipinski definition) is 8. The largest absolute Gasteiger partial charge is 0.379 e. The predicted molar refractivity (Wildman–Crippen MR) is 115 cm³/mol. The van der Waals surface area contributed by atoms with Gasteiger partial charge in [-0.2, -0.15) is 0 Å². The van der Waals surface area contributed by atoms with E-state index < -0.39 is 0 Å². The minimum Gasteiger partial charge on any atom is -0.379 e. The Morgan fingerprint density at radius 3 is 2.83 bits per heavy atom. The SMILES string of the molecule is c1csc(-c2cc(CSc3nc(CN4CCOCC4)nc4ccccc34)no2)c1. The fraction of sp³-hybridized carbons (Fsp3) is 0.286. The molecule has 6 nitrogen and oxygen atoms in total. The zero-order valence-electron chi connectivity index (χ0n) is 15.8. The molecule has 4 aromatic rings. The highest BCUT2D eigenvalue weighted by Gasteiger charge is 2.15. The van der Waals surface area contributed by atoms with Crippen molar-refractivity contribution in [2.24, 2.45) is 0 Å². The van der Waals surface area contributed by atoms with Crippen molar-refractivity contribution in [3.63, 3.8) is 0 Å². The van der Waals surface area contributed by atoms with Crippen LogP contribution >= 0.6 is 23.1 Å². The molecule has 0 atom stereocenters. The molecule has 0 bridgehead atoms. The van der Waals surface area contributed by atoms with Crippen molar-refractivity contribution in [2.45, 2.75) is 17.3 Å². The molecule has 1 aliphatic rings. The maximum absolute atomic E-state index is 5.51. The van der Waals surface area contributed by atoms with Crippen LogP contribution < -0.4 is 0 Å². The number of nitrogens with zero attached hydrogens (tertiary/aromatic N) is 4. The lowest BCUT2D eigenvalue weighted by molar-refractivity contribution is 0.0330. The Morgan fingerprint density at radius 2 is 1.97 bits per heavy atom. The summed E-state index contributed by atoms with van der Waals surface area (Å²) >= 11 is 3.33. The fourth-order valence-electron chi connectivity index (χ4n) is 3.29. The minimum atomic E-state index is 0.701. The van der Waals surface area contributed by atoms with E-state index in [1.807, 2.05) is 35.7 Å². The molecule has 0 spiro atoms. The molecule has 1 fully saturated rings. The second-order valence-electron chi connectivity index (χ2n) is 6.80. The van der Waals surface area contributed by atoms with Gasteiger partial charge in [-0.1, -0.05) is 41.2 Å². The number of morpholine rings is 1. The van der Waals surface area contributed by atoms with Crippen molar-refractivity contribution in [2.75, 3.05) is 26.3 Å². The summed E-state index contributed by atoms with van der Waals surface area (Å²) in [7, 11) is 0. The zero-order chi connectivity index (χ0) is 19.5. The topological polar surface area (TPSA) is 64.3 Å². The molecule has 4 heterocycles. The van der Waals surface area contributed by atoms with Gasteiger partial charge in [0.25, 0.3) is 0 Å². The van der Waals surface area contributed by atoms with E-state index in [2.05, 4.69) is 22.2 Å². The van der Waals surface area contributed by atoms with Gasteiger partial charge in [0.05, 0.1) is 35.8 Å². The summed E-state index contributed by atoms with van der Waals surface area (Å²) in [5.41, 5.74) is 1.89. The van der Waals surface area contributed by atoms with E-state index in [0.717, 1.165) is 70.9 Å². The van der Waals surface area contributed by atoms with E-state index in [9.17, 15) is 0 Å². The first kappa shape index (κ1) is 18.7. The Labute approximate surface area is 176 Å². The van der Waals surface area contributed by atoms with Gasteiger partial charge in [0, 0.05) is 30.3 Å². The summed E-state index contributed by atoms with van der Waals surface area (Å²) < 4.78 is 11.0. The molecule has 0 radical (unpaired) electrons. The van der Waals surface area contributed by atoms with Gasteiger partial charge >= 0.3 is 0 Å². The van der Waals surface area contributed by atoms with Crippen molar-refractivity contribution in [3.8, 4) is 10.6 Å². The van der Waals surface area contributed by atoms with Gasteiger partial charge in [-0.05, 0) is 17.5 Å². The number of hydrogen-bond donors (Lipinski definition) is 0. The van der Waals surface area contributed by atoms with Crippen LogP contribution in [0.15, 0.2) is 57.4 Å². The molecule has 0 saturated carbocycles. The molecule has 0 unspecified atom stereocenters. The van der Waals surface area contributed by atoms with E-state index in [4.69, 9.17) is 19.2 Å². The molecule has 0 amide bonds. The average molecular weight is 425 g/mol. The molecular formula is C21H20N4O2S2. The molecule has 1 saturated heterocycles. The van der Waals surface area contributed by atoms with E-state index in [-0.39, 0.29) is 0 Å². The van der Waals surface area contributed by atoms with Crippen LogP contribution in [-0.2, 0) is 17.0 Å². The summed E-state index contributed by atoms with van der Waals surface area (Å²) in [6, 6.07) is 14.2. The normalized spacial score (nSPS) is 15.2. The number of ether oxygens (including phenoxy) is 1. The number of benzene rings is 1.